The second kappa shape index (κ2) is 6.69. The molecule has 1 saturated carbocycles. The van der Waals surface area contributed by atoms with E-state index in [9.17, 15) is 35.1 Å². The zero-order valence-electron chi connectivity index (χ0n) is 17.2. The molecule has 1 aromatic carbocycles. The smallest absolute Gasteiger partial charge is 0.202 e. The minimum atomic E-state index is -2.72. The number of likely N-dealkylation sites (N-methyl/N-ethyl adjacent to an activating group) is 1. The topological polar surface area (TPSA) is 139 Å². The van der Waals surface area contributed by atoms with Gasteiger partial charge in [0.05, 0.1) is 23.6 Å². The van der Waals surface area contributed by atoms with Gasteiger partial charge in [-0.3, -0.25) is 14.5 Å². The summed E-state index contributed by atoms with van der Waals surface area (Å²) in [6.45, 7) is 1.72. The molecule has 0 unspecified atom stereocenters. The van der Waals surface area contributed by atoms with Gasteiger partial charge in [-0.25, -0.2) is 0 Å². The van der Waals surface area contributed by atoms with Gasteiger partial charge in [-0.1, -0.05) is 25.0 Å². The molecule has 0 bridgehead atoms. The molecule has 0 saturated heterocycles. The van der Waals surface area contributed by atoms with Crippen LogP contribution in [0.4, 0.5) is 0 Å². The third kappa shape index (κ3) is 2.42. The molecule has 1 aromatic rings. The fourth-order valence-electron chi connectivity index (χ4n) is 5.48. The molecule has 0 spiro atoms. The Morgan fingerprint density at radius 2 is 1.81 bits per heavy atom. The predicted molar refractivity (Wildman–Crippen MR) is 110 cm³/mol. The van der Waals surface area contributed by atoms with Crippen LogP contribution in [0.1, 0.15) is 24.0 Å². The third-order valence-electron chi connectivity index (χ3n) is 6.89. The molecule has 8 nitrogen and oxygen atoms in total. The van der Waals surface area contributed by atoms with Crippen LogP contribution in [0.2, 0.25) is 0 Å². The summed E-state index contributed by atoms with van der Waals surface area (Å²) in [5.74, 6) is -4.53. The molecule has 4 rings (SSSR count). The molecule has 8 heteroatoms. The SMILES string of the molecule is C#CC1=C(O)[C@]2(O)C(=O)C3=C(O)c4c(O)cccc4[C@@H](C)[C@@H]3[C@@H](O)[C@@H]2[C@@H](N(C)C)C1=O. The van der Waals surface area contributed by atoms with Crippen molar-refractivity contribution >= 4 is 17.3 Å². The number of aliphatic hydroxyl groups excluding tert-OH is 3. The zero-order valence-corrected chi connectivity index (χ0v) is 17.2. The second-order valence-corrected chi connectivity index (χ2v) is 8.57. The van der Waals surface area contributed by atoms with E-state index in [1.165, 1.54) is 25.1 Å². The van der Waals surface area contributed by atoms with Gasteiger partial charge in [-0.05, 0) is 31.6 Å². The number of phenols is 1. The maximum Gasteiger partial charge on any atom is 0.202 e. The van der Waals surface area contributed by atoms with Gasteiger partial charge in [0.15, 0.2) is 17.1 Å². The Labute approximate surface area is 178 Å². The molecule has 0 aliphatic heterocycles. The molecule has 162 valence electrons. The van der Waals surface area contributed by atoms with Gasteiger partial charge >= 0.3 is 0 Å². The maximum absolute atomic E-state index is 13.6. The van der Waals surface area contributed by atoms with E-state index in [1.807, 2.05) is 5.92 Å². The van der Waals surface area contributed by atoms with Gasteiger partial charge in [0, 0.05) is 11.5 Å². The fraction of sp³-hybridized carbons (Fsp3) is 0.391. The van der Waals surface area contributed by atoms with Crippen molar-refractivity contribution in [1.29, 1.82) is 0 Å². The first-order valence-corrected chi connectivity index (χ1v) is 9.81. The van der Waals surface area contributed by atoms with Crippen molar-refractivity contribution in [3.8, 4) is 18.1 Å². The molecule has 0 amide bonds. The van der Waals surface area contributed by atoms with Gasteiger partial charge in [0.2, 0.25) is 5.78 Å². The largest absolute Gasteiger partial charge is 0.507 e. The van der Waals surface area contributed by atoms with Crippen molar-refractivity contribution < 1.29 is 35.1 Å². The van der Waals surface area contributed by atoms with E-state index in [1.54, 1.807) is 19.1 Å². The highest BCUT2D eigenvalue weighted by Gasteiger charge is 2.67. The third-order valence-corrected chi connectivity index (χ3v) is 6.89. The molecule has 3 aliphatic carbocycles. The first kappa shape index (κ1) is 21.1. The summed E-state index contributed by atoms with van der Waals surface area (Å²) in [6, 6.07) is 3.40. The number of nitrogens with zero attached hydrogens (tertiary/aromatic N) is 1. The minimum Gasteiger partial charge on any atom is -0.507 e. The van der Waals surface area contributed by atoms with Crippen LogP contribution < -0.4 is 0 Å². The van der Waals surface area contributed by atoms with E-state index < -0.39 is 64.2 Å². The van der Waals surface area contributed by atoms with E-state index in [4.69, 9.17) is 6.42 Å². The van der Waals surface area contributed by atoms with E-state index in [2.05, 4.69) is 0 Å². The highest BCUT2D eigenvalue weighted by atomic mass is 16.4. The minimum absolute atomic E-state index is 0.0283. The number of rotatable bonds is 1. The summed E-state index contributed by atoms with van der Waals surface area (Å²) in [7, 11) is 3.08. The normalized spacial score (nSPS) is 34.9. The standard InChI is InChI=1S/C23H23NO7/c1-5-10-18(26)17(24(3)4)16-20(28)13-9(2)11-7-6-8-12(25)14(11)19(27)15(13)22(30)23(16,31)21(10)29/h1,6-9,13,16-17,20,25,27-29,31H,2-4H3/t9-,13+,16+,17-,20-,23+/m1/s1. The lowest BCUT2D eigenvalue weighted by Crippen LogP contribution is -2.69. The molecule has 6 atom stereocenters. The second-order valence-electron chi connectivity index (χ2n) is 8.57. The Balaban J connectivity index is 2.06. The highest BCUT2D eigenvalue weighted by molar-refractivity contribution is 6.15. The lowest BCUT2D eigenvalue weighted by molar-refractivity contribution is -0.168. The summed E-state index contributed by atoms with van der Waals surface area (Å²) >= 11 is 0. The number of carbonyl (C=O) groups is 2. The first-order valence-electron chi connectivity index (χ1n) is 9.81. The Bertz CT molecular complexity index is 1130. The van der Waals surface area contributed by atoms with Crippen molar-refractivity contribution in [3.05, 3.63) is 46.2 Å². The molecular weight excluding hydrogens is 402 g/mol. The van der Waals surface area contributed by atoms with Crippen LogP contribution in [0.25, 0.3) is 5.76 Å². The summed E-state index contributed by atoms with van der Waals surface area (Å²) in [5, 5.41) is 54.9. The van der Waals surface area contributed by atoms with Crippen LogP contribution in [0, 0.1) is 24.2 Å². The average Bonchev–Trinajstić information content (AvgIpc) is 2.71. The van der Waals surface area contributed by atoms with Crippen LogP contribution in [-0.2, 0) is 9.59 Å². The summed E-state index contributed by atoms with van der Waals surface area (Å²) in [5.41, 5.74) is -3.05. The summed E-state index contributed by atoms with van der Waals surface area (Å²) in [6.07, 6.45) is 3.89. The molecule has 31 heavy (non-hydrogen) atoms. The number of aliphatic hydroxyl groups is 4. The monoisotopic (exact) mass is 425 g/mol. The van der Waals surface area contributed by atoms with Crippen molar-refractivity contribution in [3.63, 3.8) is 0 Å². The van der Waals surface area contributed by atoms with E-state index >= 15 is 0 Å². The van der Waals surface area contributed by atoms with Gasteiger partial charge < -0.3 is 25.5 Å². The van der Waals surface area contributed by atoms with E-state index in [-0.39, 0.29) is 16.9 Å². The van der Waals surface area contributed by atoms with Crippen molar-refractivity contribution in [2.45, 2.75) is 30.6 Å². The van der Waals surface area contributed by atoms with Crippen LogP contribution in [0.5, 0.6) is 5.75 Å². The Hall–Kier alpha value is -3.12. The van der Waals surface area contributed by atoms with Gasteiger partial charge in [0.1, 0.15) is 17.1 Å². The number of aromatic hydroxyl groups is 1. The molecule has 1 fully saturated rings. The lowest BCUT2D eigenvalue weighted by atomic mass is 9.54. The van der Waals surface area contributed by atoms with Gasteiger partial charge in [-0.2, -0.15) is 0 Å². The first-order chi connectivity index (χ1) is 14.5. The Morgan fingerprint density at radius 3 is 2.39 bits per heavy atom. The van der Waals surface area contributed by atoms with E-state index in [0.717, 1.165) is 0 Å². The quantitative estimate of drug-likeness (QED) is 0.413. The van der Waals surface area contributed by atoms with Crippen LogP contribution in [0.3, 0.4) is 0 Å². The number of carbonyl (C=O) groups excluding carboxylic acids is 2. The van der Waals surface area contributed by atoms with Crippen molar-refractivity contribution in [2.24, 2.45) is 11.8 Å². The molecule has 5 N–H and O–H groups in total. The van der Waals surface area contributed by atoms with Crippen LogP contribution >= 0.6 is 0 Å². The summed E-state index contributed by atoms with van der Waals surface area (Å²) < 4.78 is 0. The van der Waals surface area contributed by atoms with E-state index in [0.29, 0.717) is 5.56 Å². The number of hydrogen-bond donors (Lipinski definition) is 5. The number of fused-ring (bicyclic) bond motifs is 3. The number of phenolic OH excluding ortho intramolecular Hbond substituents is 1. The number of hydrogen-bond acceptors (Lipinski definition) is 8. The fourth-order valence-corrected chi connectivity index (χ4v) is 5.48. The lowest BCUT2D eigenvalue weighted by Gasteiger charge is -2.53. The molecule has 0 aromatic heterocycles. The zero-order chi connectivity index (χ0) is 23.0. The Morgan fingerprint density at radius 1 is 1.16 bits per heavy atom. The number of Topliss-reactive ketones (excluding diaryl/α,β-unsaturated/α-hetero) is 2. The molecule has 0 radical (unpaired) electrons. The molecule has 3 aliphatic rings. The van der Waals surface area contributed by atoms with Gasteiger partial charge in [0.25, 0.3) is 0 Å². The number of ketones is 2. The summed E-state index contributed by atoms with van der Waals surface area (Å²) in [4.78, 5) is 28.0. The Kier molecular flexibility index (Phi) is 4.56. The predicted octanol–water partition coefficient (Wildman–Crippen LogP) is 0.644. The highest BCUT2D eigenvalue weighted by Crippen LogP contribution is 2.55. The average molecular weight is 425 g/mol. The van der Waals surface area contributed by atoms with Crippen LogP contribution in [-0.4, -0.2) is 73.8 Å². The number of terminal acetylenes is 1. The van der Waals surface area contributed by atoms with Crippen LogP contribution in [0.15, 0.2) is 35.1 Å². The molecular formula is C23H23NO7. The van der Waals surface area contributed by atoms with Gasteiger partial charge in [-0.15, -0.1) is 6.42 Å². The number of benzene rings is 1. The molecule has 0 heterocycles. The maximum atomic E-state index is 13.6. The van der Waals surface area contributed by atoms with Crippen molar-refractivity contribution in [2.75, 3.05) is 14.1 Å². The van der Waals surface area contributed by atoms with Crippen molar-refractivity contribution in [1.82, 2.24) is 4.90 Å².